The molecular weight excluding hydrogens is 440 g/mol. The molecule has 8 heteroatoms. The van der Waals surface area contributed by atoms with Crippen molar-refractivity contribution < 1.29 is 23.1 Å². The molecule has 0 saturated heterocycles. The number of carbonyl (C=O) groups is 2. The predicted octanol–water partition coefficient (Wildman–Crippen LogP) is 4.34. The maximum Gasteiger partial charge on any atom is 0.239 e. The fraction of sp³-hybridized carbons (Fsp3) is 0.385. The first-order valence-corrected chi connectivity index (χ1v) is 11.3. The zero-order valence-electron chi connectivity index (χ0n) is 19.6. The molecule has 1 atom stereocenters. The van der Waals surface area contributed by atoms with E-state index in [-0.39, 0.29) is 35.6 Å². The van der Waals surface area contributed by atoms with Gasteiger partial charge >= 0.3 is 0 Å². The van der Waals surface area contributed by atoms with Gasteiger partial charge in [0.2, 0.25) is 5.91 Å². The predicted molar refractivity (Wildman–Crippen MR) is 126 cm³/mol. The van der Waals surface area contributed by atoms with Crippen molar-refractivity contribution in [2.24, 2.45) is 5.41 Å². The average molecular weight is 470 g/mol. The van der Waals surface area contributed by atoms with Crippen LogP contribution in [0.2, 0.25) is 0 Å². The molecule has 2 aromatic rings. The number of rotatable bonds is 6. The first-order chi connectivity index (χ1) is 16.2. The minimum absolute atomic E-state index is 0.120. The number of nitrogens with zero attached hydrogens (tertiary/aromatic N) is 1. The van der Waals surface area contributed by atoms with E-state index in [1.54, 1.807) is 12.0 Å². The molecule has 34 heavy (non-hydrogen) atoms. The van der Waals surface area contributed by atoms with Crippen molar-refractivity contribution in [3.05, 3.63) is 70.9 Å². The van der Waals surface area contributed by atoms with Crippen LogP contribution in [0.5, 0.6) is 0 Å². The third kappa shape index (κ3) is 4.82. The Morgan fingerprint density at radius 2 is 1.97 bits per heavy atom. The second-order valence-electron chi connectivity index (χ2n) is 9.51. The van der Waals surface area contributed by atoms with E-state index in [0.717, 1.165) is 11.8 Å². The summed E-state index contributed by atoms with van der Waals surface area (Å²) in [5.74, 6) is -1.89. The van der Waals surface area contributed by atoms with Crippen molar-refractivity contribution in [3.8, 4) is 0 Å². The number of Topliss-reactive ketones (excluding diaryl/α,β-unsaturated/α-hetero) is 1. The lowest BCUT2D eigenvalue weighted by Crippen LogP contribution is -2.42. The number of para-hydroxylation sites is 2. The normalized spacial score (nSPS) is 19.1. The molecule has 1 heterocycles. The van der Waals surface area contributed by atoms with E-state index in [2.05, 4.69) is 10.6 Å². The summed E-state index contributed by atoms with van der Waals surface area (Å²) in [6.07, 6.45) is 0.868. The quantitative estimate of drug-likeness (QED) is 0.616. The first kappa shape index (κ1) is 23.9. The molecule has 2 aliphatic rings. The van der Waals surface area contributed by atoms with Crippen molar-refractivity contribution in [2.75, 3.05) is 37.0 Å². The molecule has 180 valence electrons. The van der Waals surface area contributed by atoms with Crippen molar-refractivity contribution >= 4 is 23.1 Å². The molecule has 0 spiro atoms. The number of benzene rings is 2. The van der Waals surface area contributed by atoms with Crippen LogP contribution in [0.15, 0.2) is 53.7 Å². The molecule has 0 bridgehead atoms. The minimum Gasteiger partial charge on any atom is -0.383 e. The van der Waals surface area contributed by atoms with Crippen molar-refractivity contribution in [1.82, 2.24) is 5.32 Å². The zero-order valence-corrected chi connectivity index (χ0v) is 19.6. The number of fused-ring (bicyclic) bond motifs is 1. The van der Waals surface area contributed by atoms with Crippen molar-refractivity contribution in [2.45, 2.75) is 32.7 Å². The highest BCUT2D eigenvalue weighted by Gasteiger charge is 2.42. The van der Waals surface area contributed by atoms with Gasteiger partial charge in [-0.3, -0.25) is 9.59 Å². The highest BCUT2D eigenvalue weighted by atomic mass is 19.1. The number of anilines is 2. The summed E-state index contributed by atoms with van der Waals surface area (Å²) in [6.45, 7) is 4.57. The van der Waals surface area contributed by atoms with E-state index in [4.69, 9.17) is 4.74 Å². The average Bonchev–Trinajstić information content (AvgIpc) is 2.88. The van der Waals surface area contributed by atoms with Gasteiger partial charge in [0.25, 0.3) is 0 Å². The van der Waals surface area contributed by atoms with Crippen LogP contribution in [0.4, 0.5) is 20.2 Å². The van der Waals surface area contributed by atoms with E-state index < -0.39 is 17.7 Å². The molecule has 2 N–H and O–H groups in total. The lowest BCUT2D eigenvalue weighted by atomic mass is 9.73. The van der Waals surface area contributed by atoms with Crippen LogP contribution in [-0.4, -0.2) is 38.5 Å². The Kier molecular flexibility index (Phi) is 6.70. The molecule has 0 radical (unpaired) electrons. The van der Waals surface area contributed by atoms with Crippen molar-refractivity contribution in [3.63, 3.8) is 0 Å². The third-order valence-corrected chi connectivity index (χ3v) is 6.20. The summed E-state index contributed by atoms with van der Waals surface area (Å²) < 4.78 is 34.0. The van der Waals surface area contributed by atoms with Gasteiger partial charge in [-0.05, 0) is 30.0 Å². The SMILES string of the molecule is COCCNC(=O)CN1c2ccccc2NC2=C(C(=O)CC(C)(C)C2)C1c1ccc(F)cc1F. The number of ketones is 1. The largest absolute Gasteiger partial charge is 0.383 e. The second-order valence-corrected chi connectivity index (χ2v) is 9.51. The standard InChI is InChI=1S/C26H29F2N3O3/c1-26(2)13-20-24(22(32)14-26)25(17-9-8-16(27)12-18(17)28)31(15-23(33)29-10-11-34-3)21-7-5-4-6-19(21)30-20/h4-9,12,25,30H,10-11,13-15H2,1-3H3,(H,29,33). The molecule has 1 aliphatic heterocycles. The number of hydrogen-bond donors (Lipinski definition) is 2. The van der Waals surface area contributed by atoms with E-state index >= 15 is 4.39 Å². The lowest BCUT2D eigenvalue weighted by molar-refractivity contribution is -0.121. The summed E-state index contributed by atoms with van der Waals surface area (Å²) in [5, 5.41) is 6.20. The van der Waals surface area contributed by atoms with Crippen LogP contribution >= 0.6 is 0 Å². The van der Waals surface area contributed by atoms with Gasteiger partial charge < -0.3 is 20.3 Å². The number of methoxy groups -OCH3 is 1. The van der Waals surface area contributed by atoms with E-state index in [9.17, 15) is 14.0 Å². The van der Waals surface area contributed by atoms with Gasteiger partial charge in [0.1, 0.15) is 11.6 Å². The Balaban J connectivity index is 1.89. The van der Waals surface area contributed by atoms with Crippen LogP contribution in [0.25, 0.3) is 0 Å². The van der Waals surface area contributed by atoms with Gasteiger partial charge in [-0.1, -0.05) is 32.0 Å². The Morgan fingerprint density at radius 1 is 1.21 bits per heavy atom. The highest BCUT2D eigenvalue weighted by Crippen LogP contribution is 2.48. The molecule has 0 aromatic heterocycles. The number of carbonyl (C=O) groups excluding carboxylic acids is 2. The lowest BCUT2D eigenvalue weighted by Gasteiger charge is -2.38. The molecule has 6 nitrogen and oxygen atoms in total. The van der Waals surface area contributed by atoms with E-state index in [1.165, 1.54) is 12.1 Å². The number of nitrogens with one attached hydrogen (secondary N) is 2. The van der Waals surface area contributed by atoms with Crippen LogP contribution in [0.1, 0.15) is 38.3 Å². The maximum absolute atomic E-state index is 15.2. The molecule has 1 aliphatic carbocycles. The molecule has 1 unspecified atom stereocenters. The molecule has 2 aromatic carbocycles. The molecule has 4 rings (SSSR count). The van der Waals surface area contributed by atoms with Gasteiger partial charge in [-0.15, -0.1) is 0 Å². The van der Waals surface area contributed by atoms with Gasteiger partial charge in [-0.2, -0.15) is 0 Å². The number of allylic oxidation sites excluding steroid dienone is 1. The Morgan fingerprint density at radius 3 is 2.71 bits per heavy atom. The molecule has 0 fully saturated rings. The van der Waals surface area contributed by atoms with Gasteiger partial charge in [-0.25, -0.2) is 8.78 Å². The van der Waals surface area contributed by atoms with Crippen LogP contribution < -0.4 is 15.5 Å². The van der Waals surface area contributed by atoms with Crippen LogP contribution in [0, 0.1) is 17.0 Å². The Bertz CT molecular complexity index is 1150. The monoisotopic (exact) mass is 469 g/mol. The third-order valence-electron chi connectivity index (χ3n) is 6.20. The van der Waals surface area contributed by atoms with E-state index in [1.807, 2.05) is 38.1 Å². The molecule has 1 amide bonds. The second kappa shape index (κ2) is 9.54. The topological polar surface area (TPSA) is 70.7 Å². The number of hydrogen-bond acceptors (Lipinski definition) is 5. The van der Waals surface area contributed by atoms with Gasteiger partial charge in [0.15, 0.2) is 5.78 Å². The first-order valence-electron chi connectivity index (χ1n) is 11.3. The highest BCUT2D eigenvalue weighted by molar-refractivity contribution is 6.01. The number of amides is 1. The van der Waals surface area contributed by atoms with Gasteiger partial charge in [0.05, 0.1) is 30.6 Å². The van der Waals surface area contributed by atoms with E-state index in [0.29, 0.717) is 36.5 Å². The zero-order chi connectivity index (χ0) is 24.5. The smallest absolute Gasteiger partial charge is 0.239 e. The fourth-order valence-electron chi connectivity index (χ4n) is 4.78. The van der Waals surface area contributed by atoms with Crippen LogP contribution in [0.3, 0.4) is 0 Å². The van der Waals surface area contributed by atoms with Crippen molar-refractivity contribution in [1.29, 1.82) is 0 Å². The summed E-state index contributed by atoms with van der Waals surface area (Å²) in [4.78, 5) is 28.1. The number of ether oxygens (including phenoxy) is 1. The summed E-state index contributed by atoms with van der Waals surface area (Å²) >= 11 is 0. The molecular formula is C26H29F2N3O3. The Labute approximate surface area is 198 Å². The number of halogens is 2. The van der Waals surface area contributed by atoms with Gasteiger partial charge in [0, 0.05) is 43.0 Å². The summed E-state index contributed by atoms with van der Waals surface area (Å²) in [5.41, 5.74) is 2.34. The molecule has 0 saturated carbocycles. The summed E-state index contributed by atoms with van der Waals surface area (Å²) in [7, 11) is 1.54. The Hall–Kier alpha value is -3.26. The van der Waals surface area contributed by atoms with Crippen LogP contribution in [-0.2, 0) is 14.3 Å². The fourth-order valence-corrected chi connectivity index (χ4v) is 4.78. The maximum atomic E-state index is 15.2. The summed E-state index contributed by atoms with van der Waals surface area (Å²) in [6, 6.07) is 9.82. The minimum atomic E-state index is -0.900.